The first-order valence-corrected chi connectivity index (χ1v) is 19.5. The molecule has 2 fully saturated rings. The third-order valence-corrected chi connectivity index (χ3v) is 13.7. The van der Waals surface area contributed by atoms with Gasteiger partial charge >= 0.3 is 0 Å². The second-order valence-corrected chi connectivity index (χ2v) is 17.1. The molecule has 7 rings (SSSR count). The normalized spacial score (nSPS) is 16.8. The van der Waals surface area contributed by atoms with E-state index in [1.165, 1.54) is 0 Å². The molecule has 2 saturated heterocycles. The number of anilines is 2. The number of nitro benzene ring substituents is 2. The van der Waals surface area contributed by atoms with E-state index in [9.17, 15) is 41.9 Å². The Morgan fingerprint density at radius 3 is 1.17 bits per heavy atom. The van der Waals surface area contributed by atoms with Crippen molar-refractivity contribution in [1.82, 2.24) is 8.61 Å². The Morgan fingerprint density at radius 1 is 0.538 bits per heavy atom. The number of benzene rings is 4. The van der Waals surface area contributed by atoms with Crippen molar-refractivity contribution in [3.05, 3.63) is 114 Å². The molecular formula is C33H28Cl2N6O9S2. The number of ketones is 1. The molecule has 19 heteroatoms. The Kier molecular flexibility index (Phi) is 9.21. The number of carbonyl (C=O) groups is 1. The molecule has 270 valence electrons. The van der Waals surface area contributed by atoms with Crippen LogP contribution in [0.5, 0.6) is 0 Å². The highest BCUT2D eigenvalue weighted by Gasteiger charge is 2.43. The summed E-state index contributed by atoms with van der Waals surface area (Å²) in [4.78, 5) is 39.7. The summed E-state index contributed by atoms with van der Waals surface area (Å²) in [6, 6.07) is 17.6. The Labute approximate surface area is 308 Å². The fourth-order valence-corrected chi connectivity index (χ4v) is 9.98. The quantitative estimate of drug-likeness (QED) is 0.152. The number of rotatable bonds is 8. The monoisotopic (exact) mass is 786 g/mol. The van der Waals surface area contributed by atoms with Crippen LogP contribution in [-0.2, 0) is 20.0 Å². The molecule has 2 aliphatic heterocycles. The molecule has 52 heavy (non-hydrogen) atoms. The minimum Gasteiger partial charge on any atom is -0.369 e. The van der Waals surface area contributed by atoms with Crippen molar-refractivity contribution in [2.75, 3.05) is 62.2 Å². The van der Waals surface area contributed by atoms with Crippen molar-refractivity contribution in [3.63, 3.8) is 0 Å². The zero-order valence-electron chi connectivity index (χ0n) is 27.0. The lowest BCUT2D eigenvalue weighted by Gasteiger charge is -2.35. The Bertz CT molecular complexity index is 2200. The molecule has 3 aliphatic rings. The lowest BCUT2D eigenvalue weighted by atomic mass is 10.0. The third-order valence-electron chi connectivity index (χ3n) is 9.45. The van der Waals surface area contributed by atoms with Crippen LogP contribution in [0.25, 0.3) is 11.1 Å². The molecule has 0 radical (unpaired) electrons. The first-order valence-electron chi connectivity index (χ1n) is 15.9. The van der Waals surface area contributed by atoms with Crippen molar-refractivity contribution in [2.24, 2.45) is 0 Å². The molecule has 15 nitrogen and oxygen atoms in total. The molecule has 0 N–H and O–H groups in total. The number of hydrogen-bond donors (Lipinski definition) is 0. The summed E-state index contributed by atoms with van der Waals surface area (Å²) < 4.78 is 57.7. The van der Waals surface area contributed by atoms with Gasteiger partial charge in [0.05, 0.1) is 30.8 Å². The van der Waals surface area contributed by atoms with Gasteiger partial charge < -0.3 is 9.80 Å². The van der Waals surface area contributed by atoms with Gasteiger partial charge in [-0.15, -0.1) is 0 Å². The Hall–Kier alpha value is -4.65. The molecule has 0 aromatic heterocycles. The van der Waals surface area contributed by atoms with E-state index in [0.717, 1.165) is 44.3 Å². The van der Waals surface area contributed by atoms with E-state index in [1.807, 2.05) is 9.80 Å². The Morgan fingerprint density at radius 2 is 0.865 bits per heavy atom. The third kappa shape index (κ3) is 6.26. The van der Waals surface area contributed by atoms with Crippen LogP contribution < -0.4 is 9.80 Å². The van der Waals surface area contributed by atoms with Crippen molar-refractivity contribution in [2.45, 2.75) is 9.79 Å². The molecule has 0 unspecified atom stereocenters. The van der Waals surface area contributed by atoms with Crippen LogP contribution in [0.15, 0.2) is 82.6 Å². The molecule has 0 atom stereocenters. The molecule has 4 aromatic rings. The lowest BCUT2D eigenvalue weighted by molar-refractivity contribution is -0.386. The van der Waals surface area contributed by atoms with E-state index in [0.29, 0.717) is 36.2 Å². The SMILES string of the molecule is O=C1c2cc(S(=O)(=O)N3CCN(c4ccc(Cl)cc4)CC3)cc([N+](=O)[O-])c2-c2c1cc(S(=O)(=O)N1CCN(c3ccc(Cl)cc3)CC1)cc2[N+](=O)[O-]. The number of nitrogens with zero attached hydrogens (tertiary/aromatic N) is 6. The van der Waals surface area contributed by atoms with Gasteiger partial charge in [-0.25, -0.2) is 16.8 Å². The molecular weight excluding hydrogens is 759 g/mol. The zero-order chi connectivity index (χ0) is 37.1. The van der Waals surface area contributed by atoms with E-state index in [2.05, 4.69) is 0 Å². The van der Waals surface area contributed by atoms with Crippen LogP contribution in [-0.4, -0.2) is 93.4 Å². The topological polar surface area (TPSA) is 185 Å². The zero-order valence-corrected chi connectivity index (χ0v) is 30.2. The van der Waals surface area contributed by atoms with Crippen molar-refractivity contribution >= 4 is 71.8 Å². The number of fused-ring (bicyclic) bond motifs is 3. The van der Waals surface area contributed by atoms with Crippen molar-refractivity contribution in [3.8, 4) is 11.1 Å². The second-order valence-electron chi connectivity index (χ2n) is 12.3. The summed E-state index contributed by atoms with van der Waals surface area (Å²) in [6.07, 6.45) is 0. The van der Waals surface area contributed by atoms with Crippen molar-refractivity contribution in [1.29, 1.82) is 0 Å². The molecule has 0 spiro atoms. The van der Waals surface area contributed by atoms with E-state index >= 15 is 0 Å². The number of halogens is 2. The molecule has 2 heterocycles. The van der Waals surface area contributed by atoms with E-state index in [-0.39, 0.29) is 26.2 Å². The van der Waals surface area contributed by atoms with Gasteiger partial charge in [0.25, 0.3) is 11.4 Å². The average molecular weight is 788 g/mol. The maximum Gasteiger partial charge on any atom is 0.279 e. The largest absolute Gasteiger partial charge is 0.369 e. The number of nitro groups is 2. The summed E-state index contributed by atoms with van der Waals surface area (Å²) in [5.41, 5.74) is -1.77. The first-order chi connectivity index (χ1) is 24.7. The minimum absolute atomic E-state index is 0.0324. The summed E-state index contributed by atoms with van der Waals surface area (Å²) in [5.74, 6) is -0.967. The fourth-order valence-electron chi connectivity index (χ4n) is 6.79. The van der Waals surface area contributed by atoms with E-state index in [1.54, 1.807) is 48.5 Å². The van der Waals surface area contributed by atoms with Gasteiger partial charge in [0, 0.05) is 97.0 Å². The van der Waals surface area contributed by atoms with Crippen LogP contribution in [0.1, 0.15) is 15.9 Å². The van der Waals surface area contributed by atoms with Gasteiger partial charge in [0.15, 0.2) is 5.78 Å². The molecule has 1 aliphatic carbocycles. The average Bonchev–Trinajstić information content (AvgIpc) is 3.42. The van der Waals surface area contributed by atoms with Gasteiger partial charge in [-0.1, -0.05) is 23.2 Å². The van der Waals surface area contributed by atoms with Gasteiger partial charge in [0.2, 0.25) is 20.0 Å². The minimum atomic E-state index is -4.38. The molecule has 0 saturated carbocycles. The highest BCUT2D eigenvalue weighted by atomic mass is 35.5. The van der Waals surface area contributed by atoms with Gasteiger partial charge in [-0.05, 0) is 60.7 Å². The maximum atomic E-state index is 13.9. The van der Waals surface area contributed by atoms with Gasteiger partial charge in [0.1, 0.15) is 0 Å². The first kappa shape index (κ1) is 35.7. The van der Waals surface area contributed by atoms with Crippen LogP contribution in [0.2, 0.25) is 10.0 Å². The predicted octanol–water partition coefficient (Wildman–Crippen LogP) is 5.04. The number of piperazine rings is 2. The second kappa shape index (κ2) is 13.4. The van der Waals surface area contributed by atoms with Crippen molar-refractivity contribution < 1.29 is 31.5 Å². The Balaban J connectivity index is 1.20. The molecule has 0 amide bonds. The lowest BCUT2D eigenvalue weighted by Crippen LogP contribution is -2.48. The predicted molar refractivity (Wildman–Crippen MR) is 193 cm³/mol. The summed E-state index contributed by atoms with van der Waals surface area (Å²) in [6.45, 7) is 1.34. The molecule has 4 aromatic carbocycles. The van der Waals surface area contributed by atoms with Gasteiger partial charge in [-0.3, -0.25) is 25.0 Å². The number of hydrogen-bond acceptors (Lipinski definition) is 11. The summed E-state index contributed by atoms with van der Waals surface area (Å²) in [7, 11) is -8.76. The van der Waals surface area contributed by atoms with Crippen LogP contribution in [0.4, 0.5) is 22.7 Å². The fraction of sp³-hybridized carbons (Fsp3) is 0.242. The van der Waals surface area contributed by atoms with Crippen LogP contribution >= 0.6 is 23.2 Å². The highest BCUT2D eigenvalue weighted by molar-refractivity contribution is 7.89. The van der Waals surface area contributed by atoms with Crippen LogP contribution in [0.3, 0.4) is 0 Å². The molecule has 0 bridgehead atoms. The number of sulfonamides is 2. The summed E-state index contributed by atoms with van der Waals surface area (Å²) >= 11 is 12.0. The van der Waals surface area contributed by atoms with Gasteiger partial charge in [-0.2, -0.15) is 8.61 Å². The van der Waals surface area contributed by atoms with Crippen LogP contribution in [0, 0.1) is 20.2 Å². The van der Waals surface area contributed by atoms with E-state index in [4.69, 9.17) is 23.2 Å². The standard InChI is InChI=1S/C33H28Cl2N6O9S2/c34-21-1-5-23(6-2-21)36-9-13-38(14-10-36)51(47,48)25-17-27-31(29(19-25)40(43)44)32-28(33(27)42)18-26(20-30(32)41(45)46)52(49,50)39-15-11-37(12-16-39)24-7-3-22(35)4-8-24/h1-8,17-20H,9-16H2. The summed E-state index contributed by atoms with van der Waals surface area (Å²) in [5, 5.41) is 25.9. The highest BCUT2D eigenvalue weighted by Crippen LogP contribution is 2.49. The maximum absolute atomic E-state index is 13.9. The number of carbonyl (C=O) groups excluding carboxylic acids is 1. The van der Waals surface area contributed by atoms with E-state index < -0.39 is 79.1 Å². The smallest absolute Gasteiger partial charge is 0.279 e.